The van der Waals surface area contributed by atoms with E-state index in [2.05, 4.69) is 34.6 Å². The van der Waals surface area contributed by atoms with Crippen molar-refractivity contribution in [1.29, 1.82) is 0 Å². The minimum Gasteiger partial charge on any atom is -0.357 e. The lowest BCUT2D eigenvalue weighted by Crippen LogP contribution is -2.06. The molecule has 1 atom stereocenters. The zero-order valence-corrected chi connectivity index (χ0v) is 9.81. The Balaban J connectivity index is 2.34. The maximum atomic E-state index is 4.21. The molecule has 0 spiro atoms. The van der Waals surface area contributed by atoms with E-state index >= 15 is 0 Å². The maximum absolute atomic E-state index is 4.21. The molecular formula is C12H16N4. The Hall–Kier alpha value is -1.84. The molecule has 0 aliphatic rings. The van der Waals surface area contributed by atoms with E-state index in [1.165, 1.54) is 5.56 Å². The van der Waals surface area contributed by atoms with Crippen molar-refractivity contribution < 1.29 is 0 Å². The molecule has 4 heteroatoms. The van der Waals surface area contributed by atoms with E-state index < -0.39 is 0 Å². The van der Waals surface area contributed by atoms with Gasteiger partial charge in [-0.2, -0.15) is 0 Å². The van der Waals surface area contributed by atoms with Crippen LogP contribution in [-0.4, -0.2) is 21.8 Å². The minimum atomic E-state index is 0.251. The van der Waals surface area contributed by atoms with Crippen molar-refractivity contribution >= 4 is 5.95 Å². The molecule has 0 fully saturated rings. The van der Waals surface area contributed by atoms with E-state index in [0.29, 0.717) is 0 Å². The molecule has 1 aromatic heterocycles. The van der Waals surface area contributed by atoms with Crippen LogP contribution in [0.5, 0.6) is 0 Å². The molecule has 16 heavy (non-hydrogen) atoms. The van der Waals surface area contributed by atoms with Crippen LogP contribution in [-0.2, 0) is 7.05 Å². The molecule has 0 saturated carbocycles. The average molecular weight is 216 g/mol. The topological polar surface area (TPSA) is 42.7 Å². The summed E-state index contributed by atoms with van der Waals surface area (Å²) < 4.78 is 1.98. The van der Waals surface area contributed by atoms with E-state index in [0.717, 1.165) is 11.8 Å². The molecule has 84 valence electrons. The van der Waals surface area contributed by atoms with Gasteiger partial charge in [-0.15, -0.1) is 10.2 Å². The lowest BCUT2D eigenvalue weighted by Gasteiger charge is -2.11. The number of nitrogens with one attached hydrogen (secondary N) is 1. The predicted octanol–water partition coefficient (Wildman–Crippen LogP) is 2.01. The van der Waals surface area contributed by atoms with Gasteiger partial charge in [-0.25, -0.2) is 0 Å². The summed E-state index contributed by atoms with van der Waals surface area (Å²) in [6.07, 6.45) is 0. The van der Waals surface area contributed by atoms with Crippen molar-refractivity contribution in [3.05, 3.63) is 41.7 Å². The summed E-state index contributed by atoms with van der Waals surface area (Å²) in [6.45, 7) is 2.14. The highest BCUT2D eigenvalue weighted by Gasteiger charge is 2.15. The van der Waals surface area contributed by atoms with Gasteiger partial charge in [0.05, 0.1) is 0 Å². The first-order chi connectivity index (χ1) is 7.74. The largest absolute Gasteiger partial charge is 0.357 e. The Morgan fingerprint density at radius 2 is 1.88 bits per heavy atom. The fourth-order valence-corrected chi connectivity index (χ4v) is 1.83. The van der Waals surface area contributed by atoms with Crippen molar-refractivity contribution in [1.82, 2.24) is 14.8 Å². The van der Waals surface area contributed by atoms with Gasteiger partial charge >= 0.3 is 0 Å². The highest BCUT2D eigenvalue weighted by atomic mass is 15.3. The Morgan fingerprint density at radius 1 is 1.19 bits per heavy atom. The molecule has 2 rings (SSSR count). The Kier molecular flexibility index (Phi) is 2.90. The summed E-state index contributed by atoms with van der Waals surface area (Å²) in [4.78, 5) is 0. The summed E-state index contributed by atoms with van der Waals surface area (Å²) in [7, 11) is 3.82. The van der Waals surface area contributed by atoms with Crippen LogP contribution in [0.3, 0.4) is 0 Å². The van der Waals surface area contributed by atoms with Crippen LogP contribution >= 0.6 is 0 Å². The third kappa shape index (κ3) is 1.78. The Morgan fingerprint density at radius 3 is 2.44 bits per heavy atom. The number of hydrogen-bond donors (Lipinski definition) is 1. The second kappa shape index (κ2) is 4.35. The molecule has 0 saturated heterocycles. The van der Waals surface area contributed by atoms with Gasteiger partial charge in [0.2, 0.25) is 5.95 Å². The van der Waals surface area contributed by atoms with Crippen LogP contribution in [0.15, 0.2) is 30.3 Å². The summed E-state index contributed by atoms with van der Waals surface area (Å²) in [5.41, 5.74) is 1.25. The number of nitrogens with zero attached hydrogens (tertiary/aromatic N) is 3. The third-order valence-corrected chi connectivity index (χ3v) is 2.82. The van der Waals surface area contributed by atoms with Crippen molar-refractivity contribution in [2.24, 2.45) is 7.05 Å². The summed E-state index contributed by atoms with van der Waals surface area (Å²) >= 11 is 0. The van der Waals surface area contributed by atoms with Crippen LogP contribution in [0.1, 0.15) is 24.2 Å². The van der Waals surface area contributed by atoms with Crippen molar-refractivity contribution in [2.75, 3.05) is 12.4 Å². The van der Waals surface area contributed by atoms with Crippen molar-refractivity contribution in [3.8, 4) is 0 Å². The van der Waals surface area contributed by atoms with E-state index in [1.807, 2.05) is 36.9 Å². The first-order valence-electron chi connectivity index (χ1n) is 5.36. The zero-order chi connectivity index (χ0) is 11.5. The van der Waals surface area contributed by atoms with Gasteiger partial charge < -0.3 is 9.88 Å². The lowest BCUT2D eigenvalue weighted by molar-refractivity contribution is 0.739. The predicted molar refractivity (Wildman–Crippen MR) is 64.5 cm³/mol. The van der Waals surface area contributed by atoms with Gasteiger partial charge in [0.1, 0.15) is 5.82 Å². The normalized spacial score (nSPS) is 12.4. The third-order valence-electron chi connectivity index (χ3n) is 2.82. The second-order valence-electron chi connectivity index (χ2n) is 3.82. The molecule has 1 heterocycles. The highest BCUT2D eigenvalue weighted by Crippen LogP contribution is 2.22. The Labute approximate surface area is 95.3 Å². The first kappa shape index (κ1) is 10.7. The highest BCUT2D eigenvalue weighted by molar-refractivity contribution is 5.30. The van der Waals surface area contributed by atoms with E-state index in [9.17, 15) is 0 Å². The summed E-state index contributed by atoms with van der Waals surface area (Å²) in [5, 5.41) is 11.3. The smallest absolute Gasteiger partial charge is 0.224 e. The van der Waals surface area contributed by atoms with Gasteiger partial charge in [-0.3, -0.25) is 0 Å². The molecule has 0 bridgehead atoms. The fraction of sp³-hybridized carbons (Fsp3) is 0.333. The number of aromatic nitrogens is 3. The molecule has 1 unspecified atom stereocenters. The first-order valence-corrected chi connectivity index (χ1v) is 5.36. The number of benzene rings is 1. The van der Waals surface area contributed by atoms with Crippen LogP contribution in [0.2, 0.25) is 0 Å². The standard InChI is InChI=1S/C12H16N4/c1-9(10-7-5-4-6-8-10)11-14-15-12(13-2)16(11)3/h4-9H,1-3H3,(H,13,15). The molecule has 2 aromatic rings. The van der Waals surface area contributed by atoms with Gasteiger partial charge in [-0.05, 0) is 5.56 Å². The number of hydrogen-bond acceptors (Lipinski definition) is 3. The van der Waals surface area contributed by atoms with Crippen molar-refractivity contribution in [3.63, 3.8) is 0 Å². The molecule has 0 aliphatic carbocycles. The maximum Gasteiger partial charge on any atom is 0.224 e. The molecule has 0 amide bonds. The summed E-state index contributed by atoms with van der Waals surface area (Å²) in [6, 6.07) is 10.3. The molecular weight excluding hydrogens is 200 g/mol. The number of anilines is 1. The van der Waals surface area contributed by atoms with Crippen LogP contribution in [0, 0.1) is 0 Å². The SMILES string of the molecule is CNc1nnc(C(C)c2ccccc2)n1C. The minimum absolute atomic E-state index is 0.251. The fourth-order valence-electron chi connectivity index (χ4n) is 1.83. The van der Waals surface area contributed by atoms with E-state index in [4.69, 9.17) is 0 Å². The monoisotopic (exact) mass is 216 g/mol. The van der Waals surface area contributed by atoms with E-state index in [-0.39, 0.29) is 5.92 Å². The van der Waals surface area contributed by atoms with Gasteiger partial charge in [0.25, 0.3) is 0 Å². The van der Waals surface area contributed by atoms with E-state index in [1.54, 1.807) is 0 Å². The van der Waals surface area contributed by atoms with Crippen molar-refractivity contribution in [2.45, 2.75) is 12.8 Å². The Bertz CT molecular complexity index is 461. The average Bonchev–Trinajstić information content (AvgIpc) is 2.70. The van der Waals surface area contributed by atoms with Crippen LogP contribution in [0.4, 0.5) is 5.95 Å². The molecule has 1 aromatic carbocycles. The van der Waals surface area contributed by atoms with Crippen LogP contribution in [0.25, 0.3) is 0 Å². The van der Waals surface area contributed by atoms with Gasteiger partial charge in [-0.1, -0.05) is 37.3 Å². The van der Waals surface area contributed by atoms with Gasteiger partial charge in [0.15, 0.2) is 0 Å². The molecule has 0 aliphatic heterocycles. The molecule has 1 N–H and O–H groups in total. The van der Waals surface area contributed by atoms with Gasteiger partial charge in [0, 0.05) is 20.0 Å². The molecule has 0 radical (unpaired) electrons. The second-order valence-corrected chi connectivity index (χ2v) is 3.82. The quantitative estimate of drug-likeness (QED) is 0.853. The lowest BCUT2D eigenvalue weighted by atomic mass is 10.0. The number of rotatable bonds is 3. The molecule has 4 nitrogen and oxygen atoms in total. The summed E-state index contributed by atoms with van der Waals surface area (Å²) in [5.74, 6) is 2.01. The zero-order valence-electron chi connectivity index (χ0n) is 9.81. The van der Waals surface area contributed by atoms with Crippen LogP contribution < -0.4 is 5.32 Å².